The van der Waals surface area contributed by atoms with Crippen LogP contribution in [-0.2, 0) is 14.3 Å². The summed E-state index contributed by atoms with van der Waals surface area (Å²) in [6.07, 6.45) is 3.02. The van der Waals surface area contributed by atoms with Crippen molar-refractivity contribution in [1.29, 1.82) is 0 Å². The Bertz CT molecular complexity index is 819. The SMILES string of the molecule is CCCCCOC(=O)[C@@H](N)CSC(c1ccccc1)(c1ccccc1)c1ccccc1. The van der Waals surface area contributed by atoms with Crippen molar-refractivity contribution in [2.24, 2.45) is 5.73 Å². The lowest BCUT2D eigenvalue weighted by molar-refractivity contribution is -0.144. The van der Waals surface area contributed by atoms with E-state index in [1.54, 1.807) is 11.8 Å². The standard InChI is InChI=1S/C27H31NO2S/c1-2-3-13-20-30-26(29)25(28)21-31-27(22-14-7-4-8-15-22,23-16-9-5-10-17-23)24-18-11-6-12-19-24/h4-12,14-19,25H,2-3,13,20-21,28H2,1H3/t25-/m0/s1. The van der Waals surface area contributed by atoms with Crippen LogP contribution in [0.25, 0.3) is 0 Å². The van der Waals surface area contributed by atoms with Crippen LogP contribution in [0.4, 0.5) is 0 Å². The summed E-state index contributed by atoms with van der Waals surface area (Å²) >= 11 is 1.68. The summed E-state index contributed by atoms with van der Waals surface area (Å²) in [5.74, 6) is 0.123. The minimum absolute atomic E-state index is 0.327. The van der Waals surface area contributed by atoms with Gasteiger partial charge in [-0.1, -0.05) is 111 Å². The Balaban J connectivity index is 1.92. The lowest BCUT2D eigenvalue weighted by Gasteiger charge is -2.36. The van der Waals surface area contributed by atoms with Gasteiger partial charge in [0.25, 0.3) is 0 Å². The molecule has 3 nitrogen and oxygen atoms in total. The summed E-state index contributed by atoms with van der Waals surface area (Å²) in [5, 5.41) is 0. The number of carbonyl (C=O) groups is 1. The van der Waals surface area contributed by atoms with Gasteiger partial charge >= 0.3 is 5.97 Å². The highest BCUT2D eigenvalue weighted by molar-refractivity contribution is 8.00. The zero-order chi connectivity index (χ0) is 21.9. The fraction of sp³-hybridized carbons (Fsp3) is 0.296. The summed E-state index contributed by atoms with van der Waals surface area (Å²) in [6, 6.07) is 30.6. The fourth-order valence-electron chi connectivity index (χ4n) is 3.68. The summed E-state index contributed by atoms with van der Waals surface area (Å²) in [7, 11) is 0. The van der Waals surface area contributed by atoms with Crippen LogP contribution in [0.3, 0.4) is 0 Å². The zero-order valence-electron chi connectivity index (χ0n) is 18.1. The molecule has 0 aliphatic rings. The van der Waals surface area contributed by atoms with E-state index in [-0.39, 0.29) is 5.97 Å². The number of hydrogen-bond donors (Lipinski definition) is 1. The van der Waals surface area contributed by atoms with E-state index in [1.165, 1.54) is 0 Å². The Morgan fingerprint density at radius 2 is 1.29 bits per heavy atom. The van der Waals surface area contributed by atoms with Gasteiger partial charge in [0.1, 0.15) is 6.04 Å². The molecular formula is C27H31NO2S. The highest BCUT2D eigenvalue weighted by atomic mass is 32.2. The lowest BCUT2D eigenvalue weighted by Crippen LogP contribution is -2.37. The van der Waals surface area contributed by atoms with Gasteiger partial charge in [-0.25, -0.2) is 0 Å². The quantitative estimate of drug-likeness (QED) is 0.237. The van der Waals surface area contributed by atoms with E-state index in [0.717, 1.165) is 36.0 Å². The first-order valence-corrected chi connectivity index (χ1v) is 11.9. The monoisotopic (exact) mass is 433 g/mol. The number of benzene rings is 3. The van der Waals surface area contributed by atoms with Crippen LogP contribution >= 0.6 is 11.8 Å². The molecule has 0 aliphatic carbocycles. The highest BCUT2D eigenvalue weighted by Gasteiger charge is 2.37. The van der Waals surface area contributed by atoms with Crippen LogP contribution in [-0.4, -0.2) is 24.4 Å². The molecule has 0 saturated heterocycles. The molecule has 3 aromatic carbocycles. The molecule has 2 N–H and O–H groups in total. The molecule has 0 aliphatic heterocycles. The van der Waals surface area contributed by atoms with Crippen molar-refractivity contribution >= 4 is 17.7 Å². The van der Waals surface area contributed by atoms with Crippen LogP contribution < -0.4 is 5.73 Å². The van der Waals surface area contributed by atoms with E-state index >= 15 is 0 Å². The first kappa shape index (κ1) is 23.1. The number of esters is 1. The van der Waals surface area contributed by atoms with Gasteiger partial charge in [-0.15, -0.1) is 11.8 Å². The predicted octanol–water partition coefficient (Wildman–Crippen LogP) is 5.77. The minimum atomic E-state index is -0.679. The number of carbonyl (C=O) groups excluding carboxylic acids is 1. The molecule has 162 valence electrons. The molecule has 31 heavy (non-hydrogen) atoms. The van der Waals surface area contributed by atoms with Gasteiger partial charge in [0.15, 0.2) is 0 Å². The second-order valence-electron chi connectivity index (χ2n) is 7.57. The normalized spacial score (nSPS) is 12.3. The largest absolute Gasteiger partial charge is 0.465 e. The Labute approximate surface area is 190 Å². The lowest BCUT2D eigenvalue weighted by atomic mass is 9.84. The maximum absolute atomic E-state index is 12.5. The molecule has 4 heteroatoms. The van der Waals surface area contributed by atoms with Crippen molar-refractivity contribution in [2.75, 3.05) is 12.4 Å². The Kier molecular flexibility index (Phi) is 8.74. The van der Waals surface area contributed by atoms with Crippen molar-refractivity contribution in [3.63, 3.8) is 0 Å². The van der Waals surface area contributed by atoms with E-state index in [0.29, 0.717) is 12.4 Å². The van der Waals surface area contributed by atoms with Crippen LogP contribution in [0, 0.1) is 0 Å². The van der Waals surface area contributed by atoms with E-state index in [9.17, 15) is 4.79 Å². The maximum atomic E-state index is 12.5. The molecule has 0 heterocycles. The van der Waals surface area contributed by atoms with E-state index < -0.39 is 10.8 Å². The molecule has 0 radical (unpaired) electrons. The Morgan fingerprint density at radius 3 is 1.71 bits per heavy atom. The first-order valence-electron chi connectivity index (χ1n) is 10.9. The molecule has 3 rings (SSSR count). The van der Waals surface area contributed by atoms with Crippen molar-refractivity contribution in [1.82, 2.24) is 0 Å². The third-order valence-corrected chi connectivity index (χ3v) is 6.98. The van der Waals surface area contributed by atoms with Gasteiger partial charge < -0.3 is 10.5 Å². The number of ether oxygens (including phenoxy) is 1. The average molecular weight is 434 g/mol. The van der Waals surface area contributed by atoms with Gasteiger partial charge in [-0.05, 0) is 23.1 Å². The first-order chi connectivity index (χ1) is 15.2. The zero-order valence-corrected chi connectivity index (χ0v) is 18.9. The molecular weight excluding hydrogens is 402 g/mol. The second-order valence-corrected chi connectivity index (χ2v) is 8.81. The van der Waals surface area contributed by atoms with Gasteiger partial charge in [0, 0.05) is 5.75 Å². The van der Waals surface area contributed by atoms with Crippen LogP contribution in [0.15, 0.2) is 91.0 Å². The van der Waals surface area contributed by atoms with Gasteiger partial charge in [-0.3, -0.25) is 4.79 Å². The predicted molar refractivity (Wildman–Crippen MR) is 130 cm³/mol. The number of hydrogen-bond acceptors (Lipinski definition) is 4. The molecule has 0 spiro atoms. The molecule has 3 aromatic rings. The maximum Gasteiger partial charge on any atom is 0.323 e. The minimum Gasteiger partial charge on any atom is -0.465 e. The van der Waals surface area contributed by atoms with Crippen molar-refractivity contribution in [3.05, 3.63) is 108 Å². The summed E-state index contributed by atoms with van der Waals surface area (Å²) in [6.45, 7) is 2.56. The molecule has 0 saturated carbocycles. The summed E-state index contributed by atoms with van der Waals surface area (Å²) in [4.78, 5) is 12.5. The topological polar surface area (TPSA) is 52.3 Å². The van der Waals surface area contributed by atoms with Gasteiger partial charge in [0.2, 0.25) is 0 Å². The van der Waals surface area contributed by atoms with Crippen LogP contribution in [0.1, 0.15) is 42.9 Å². The third-order valence-electron chi connectivity index (χ3n) is 5.32. The van der Waals surface area contributed by atoms with E-state index in [2.05, 4.69) is 79.7 Å². The summed E-state index contributed by atoms with van der Waals surface area (Å²) < 4.78 is 4.93. The Morgan fingerprint density at radius 1 is 0.839 bits per heavy atom. The third kappa shape index (κ3) is 5.78. The van der Waals surface area contributed by atoms with Crippen molar-refractivity contribution in [2.45, 2.75) is 37.0 Å². The molecule has 0 unspecified atom stereocenters. The van der Waals surface area contributed by atoms with Crippen molar-refractivity contribution in [3.8, 4) is 0 Å². The molecule has 0 bridgehead atoms. The van der Waals surface area contributed by atoms with Crippen LogP contribution in [0.2, 0.25) is 0 Å². The van der Waals surface area contributed by atoms with Gasteiger partial charge in [0.05, 0.1) is 11.4 Å². The van der Waals surface area contributed by atoms with E-state index in [1.807, 2.05) is 18.2 Å². The number of rotatable bonds is 11. The van der Waals surface area contributed by atoms with E-state index in [4.69, 9.17) is 10.5 Å². The Hall–Kier alpha value is -2.56. The second kappa shape index (κ2) is 11.7. The molecule has 0 amide bonds. The van der Waals surface area contributed by atoms with Crippen LogP contribution in [0.5, 0.6) is 0 Å². The molecule has 0 fully saturated rings. The fourth-order valence-corrected chi connectivity index (χ4v) is 5.16. The van der Waals surface area contributed by atoms with Gasteiger partial charge in [-0.2, -0.15) is 0 Å². The highest BCUT2D eigenvalue weighted by Crippen LogP contribution is 2.48. The molecule has 1 atom stereocenters. The number of nitrogens with two attached hydrogens (primary N) is 1. The average Bonchev–Trinajstić information content (AvgIpc) is 2.84. The molecule has 0 aromatic heterocycles. The number of thioether (sulfide) groups is 1. The van der Waals surface area contributed by atoms with Crippen molar-refractivity contribution < 1.29 is 9.53 Å². The number of unbranched alkanes of at least 4 members (excludes halogenated alkanes) is 2. The smallest absolute Gasteiger partial charge is 0.323 e. The summed E-state index contributed by atoms with van der Waals surface area (Å²) in [5.41, 5.74) is 9.74.